The molecule has 0 aliphatic carbocycles. The van der Waals surface area contributed by atoms with Crippen molar-refractivity contribution in [3.8, 4) is 11.6 Å². The van der Waals surface area contributed by atoms with Crippen molar-refractivity contribution in [2.24, 2.45) is 0 Å². The number of hydrogen-bond acceptors (Lipinski definition) is 7. The molecule has 30 heavy (non-hydrogen) atoms. The Hall–Kier alpha value is -3.72. The quantitative estimate of drug-likeness (QED) is 0.502. The van der Waals surface area contributed by atoms with Gasteiger partial charge in [-0.1, -0.05) is 24.3 Å². The molecule has 0 unspecified atom stereocenters. The summed E-state index contributed by atoms with van der Waals surface area (Å²) in [6, 6.07) is 13.6. The Balaban J connectivity index is 1.62. The lowest BCUT2D eigenvalue weighted by Crippen LogP contribution is -2.14. The molecule has 0 atom stereocenters. The predicted molar refractivity (Wildman–Crippen MR) is 111 cm³/mol. The molecule has 0 fully saturated rings. The molecule has 0 aliphatic heterocycles. The number of ether oxygens (including phenoxy) is 1. The number of aromatic nitrogens is 2. The summed E-state index contributed by atoms with van der Waals surface area (Å²) in [5.74, 6) is -0.130. The van der Waals surface area contributed by atoms with Crippen LogP contribution in [-0.2, 0) is 15.6 Å². The van der Waals surface area contributed by atoms with Crippen molar-refractivity contribution in [3.05, 3.63) is 78.4 Å². The fourth-order valence-corrected chi connectivity index (χ4v) is 3.78. The van der Waals surface area contributed by atoms with E-state index in [1.165, 1.54) is 18.6 Å². The molecule has 2 aromatic heterocycles. The van der Waals surface area contributed by atoms with Gasteiger partial charge in [0.05, 0.1) is 11.9 Å². The first kappa shape index (κ1) is 19.6. The zero-order valence-corrected chi connectivity index (χ0v) is 16.7. The molecule has 1 amide bonds. The molecule has 2 aromatic carbocycles. The molecule has 8 nitrogen and oxygen atoms in total. The Kier molecular flexibility index (Phi) is 5.20. The average molecular weight is 423 g/mol. The number of benzene rings is 2. The first-order chi connectivity index (χ1) is 14.4. The van der Waals surface area contributed by atoms with Crippen molar-refractivity contribution in [1.82, 2.24) is 9.97 Å². The van der Waals surface area contributed by atoms with E-state index in [1.807, 2.05) is 0 Å². The number of sulfone groups is 1. The number of para-hydroxylation sites is 1. The summed E-state index contributed by atoms with van der Waals surface area (Å²) in [6.45, 7) is 0. The number of rotatable bonds is 6. The third kappa shape index (κ3) is 4.47. The zero-order chi connectivity index (χ0) is 21.1. The molecule has 0 aliphatic rings. The van der Waals surface area contributed by atoms with Crippen LogP contribution < -0.4 is 10.1 Å². The summed E-state index contributed by atoms with van der Waals surface area (Å²) >= 11 is 0. The lowest BCUT2D eigenvalue weighted by atomic mass is 10.1. The van der Waals surface area contributed by atoms with Crippen LogP contribution in [0, 0.1) is 0 Å². The van der Waals surface area contributed by atoms with Crippen LogP contribution in [0.1, 0.15) is 16.1 Å². The summed E-state index contributed by atoms with van der Waals surface area (Å²) in [7, 11) is -3.38. The first-order valence-electron chi connectivity index (χ1n) is 8.92. The highest BCUT2D eigenvalue weighted by Crippen LogP contribution is 2.29. The van der Waals surface area contributed by atoms with Gasteiger partial charge in [0.15, 0.2) is 15.6 Å². The molecular formula is C21H17N3O5S. The Morgan fingerprint density at radius 2 is 1.97 bits per heavy atom. The van der Waals surface area contributed by atoms with Crippen LogP contribution in [0.3, 0.4) is 0 Å². The molecular weight excluding hydrogens is 406 g/mol. The number of anilines is 1. The van der Waals surface area contributed by atoms with Crippen LogP contribution >= 0.6 is 0 Å². The summed E-state index contributed by atoms with van der Waals surface area (Å²) in [5, 5.41) is 3.32. The SMILES string of the molecule is CS(=O)(=O)Cc1c(C(=O)Nc2cccc(Oc3cnccn3)c2)oc2ccccc12. The fourth-order valence-electron chi connectivity index (χ4n) is 2.97. The molecule has 2 heterocycles. The molecule has 1 N–H and O–H groups in total. The summed E-state index contributed by atoms with van der Waals surface area (Å²) in [4.78, 5) is 20.9. The van der Waals surface area contributed by atoms with E-state index < -0.39 is 15.7 Å². The van der Waals surface area contributed by atoms with Crippen molar-refractivity contribution in [2.75, 3.05) is 11.6 Å². The van der Waals surface area contributed by atoms with E-state index in [-0.39, 0.29) is 11.5 Å². The number of carbonyl (C=O) groups excluding carboxylic acids is 1. The van der Waals surface area contributed by atoms with Gasteiger partial charge in [-0.2, -0.15) is 0 Å². The minimum absolute atomic E-state index is 0.0399. The van der Waals surface area contributed by atoms with Crippen LogP contribution in [0.2, 0.25) is 0 Å². The second-order valence-electron chi connectivity index (χ2n) is 6.60. The number of hydrogen-bond donors (Lipinski definition) is 1. The molecule has 0 bridgehead atoms. The van der Waals surface area contributed by atoms with Gasteiger partial charge in [-0.15, -0.1) is 0 Å². The predicted octanol–water partition coefficient (Wildman–Crippen LogP) is 3.81. The van der Waals surface area contributed by atoms with E-state index in [9.17, 15) is 13.2 Å². The maximum Gasteiger partial charge on any atom is 0.291 e. The number of nitrogens with one attached hydrogen (secondary N) is 1. The zero-order valence-electron chi connectivity index (χ0n) is 15.9. The van der Waals surface area contributed by atoms with Gasteiger partial charge in [0.1, 0.15) is 11.3 Å². The van der Waals surface area contributed by atoms with Crippen molar-refractivity contribution in [2.45, 2.75) is 5.75 Å². The van der Waals surface area contributed by atoms with E-state index in [1.54, 1.807) is 48.5 Å². The van der Waals surface area contributed by atoms with Crippen molar-refractivity contribution >= 4 is 32.4 Å². The number of fused-ring (bicyclic) bond motifs is 1. The van der Waals surface area contributed by atoms with E-state index in [4.69, 9.17) is 9.15 Å². The van der Waals surface area contributed by atoms with Gasteiger partial charge >= 0.3 is 0 Å². The topological polar surface area (TPSA) is 111 Å². The molecule has 0 saturated heterocycles. The van der Waals surface area contributed by atoms with Crippen LogP contribution in [0.5, 0.6) is 11.6 Å². The van der Waals surface area contributed by atoms with Crippen molar-refractivity contribution in [1.29, 1.82) is 0 Å². The van der Waals surface area contributed by atoms with Gasteiger partial charge < -0.3 is 14.5 Å². The van der Waals surface area contributed by atoms with E-state index in [0.717, 1.165) is 6.26 Å². The Morgan fingerprint density at radius 1 is 1.13 bits per heavy atom. The number of carbonyl (C=O) groups is 1. The molecule has 4 aromatic rings. The second kappa shape index (κ2) is 7.96. The van der Waals surface area contributed by atoms with Crippen molar-refractivity contribution < 1.29 is 22.4 Å². The molecule has 0 radical (unpaired) electrons. The fraction of sp³-hybridized carbons (Fsp3) is 0.0952. The Labute approximate surface area is 172 Å². The van der Waals surface area contributed by atoms with Crippen LogP contribution in [0.25, 0.3) is 11.0 Å². The number of furan rings is 1. The lowest BCUT2D eigenvalue weighted by Gasteiger charge is -2.08. The van der Waals surface area contributed by atoms with Gasteiger partial charge in [-0.3, -0.25) is 9.78 Å². The van der Waals surface area contributed by atoms with Crippen LogP contribution in [0.15, 0.2) is 71.5 Å². The number of amides is 1. The third-order valence-electron chi connectivity index (χ3n) is 4.16. The monoisotopic (exact) mass is 423 g/mol. The molecule has 9 heteroatoms. The van der Waals surface area contributed by atoms with Crippen molar-refractivity contribution in [3.63, 3.8) is 0 Å². The van der Waals surface area contributed by atoms with Gasteiger partial charge in [0.2, 0.25) is 5.88 Å². The number of nitrogens with zero attached hydrogens (tertiary/aromatic N) is 2. The normalized spacial score (nSPS) is 11.4. The minimum Gasteiger partial charge on any atom is -0.451 e. The molecule has 4 rings (SSSR count). The van der Waals surface area contributed by atoms with E-state index >= 15 is 0 Å². The summed E-state index contributed by atoms with van der Waals surface area (Å²) in [5.41, 5.74) is 1.23. The van der Waals surface area contributed by atoms with Gasteiger partial charge in [-0.25, -0.2) is 13.4 Å². The lowest BCUT2D eigenvalue weighted by molar-refractivity contribution is 0.0998. The van der Waals surface area contributed by atoms with Gasteiger partial charge in [-0.05, 0) is 18.2 Å². The smallest absolute Gasteiger partial charge is 0.291 e. The van der Waals surface area contributed by atoms with Gasteiger partial charge in [0.25, 0.3) is 5.91 Å². The highest BCUT2D eigenvalue weighted by Gasteiger charge is 2.23. The third-order valence-corrected chi connectivity index (χ3v) is 4.98. The second-order valence-corrected chi connectivity index (χ2v) is 8.74. The maximum atomic E-state index is 12.9. The van der Waals surface area contributed by atoms with E-state index in [2.05, 4.69) is 15.3 Å². The molecule has 152 valence electrons. The van der Waals surface area contributed by atoms with Gasteiger partial charge in [0, 0.05) is 41.4 Å². The summed E-state index contributed by atoms with van der Waals surface area (Å²) < 4.78 is 35.1. The highest BCUT2D eigenvalue weighted by molar-refractivity contribution is 7.89. The minimum atomic E-state index is -3.38. The standard InChI is InChI=1S/C21H17N3O5S/c1-30(26,27)13-17-16-7-2-3-8-18(16)29-20(17)21(25)24-14-5-4-6-15(11-14)28-19-12-22-9-10-23-19/h2-12H,13H2,1H3,(H,24,25). The summed E-state index contributed by atoms with van der Waals surface area (Å²) in [6.07, 6.45) is 5.62. The van der Waals surface area contributed by atoms with E-state index in [0.29, 0.717) is 33.8 Å². The highest BCUT2D eigenvalue weighted by atomic mass is 32.2. The maximum absolute atomic E-state index is 12.9. The Morgan fingerprint density at radius 3 is 2.73 bits per heavy atom. The Bertz CT molecular complexity index is 1320. The molecule has 0 saturated carbocycles. The average Bonchev–Trinajstić information content (AvgIpc) is 3.06. The largest absolute Gasteiger partial charge is 0.451 e. The first-order valence-corrected chi connectivity index (χ1v) is 11.0. The molecule has 0 spiro atoms. The van der Waals surface area contributed by atoms with Crippen LogP contribution in [-0.4, -0.2) is 30.5 Å². The van der Waals surface area contributed by atoms with Crippen LogP contribution in [0.4, 0.5) is 5.69 Å².